The number of carbonyl (C=O) groups excluding carboxylic acids is 1. The number of aromatic carboxylic acids is 1. The Morgan fingerprint density at radius 3 is 2.72 bits per heavy atom. The third kappa shape index (κ3) is 2.00. The first-order chi connectivity index (χ1) is 8.50. The van der Waals surface area contributed by atoms with Gasteiger partial charge in [-0.3, -0.25) is 4.79 Å². The Bertz CT molecular complexity index is 619. The van der Waals surface area contributed by atoms with Gasteiger partial charge >= 0.3 is 5.97 Å². The largest absolute Gasteiger partial charge is 0.478 e. The maximum atomic E-state index is 11.7. The lowest BCUT2D eigenvalue weighted by atomic mass is 10.2. The molecule has 0 saturated heterocycles. The second-order valence-electron chi connectivity index (χ2n) is 3.23. The van der Waals surface area contributed by atoms with Crippen LogP contribution in [0.3, 0.4) is 0 Å². The predicted molar refractivity (Wildman–Crippen MR) is 60.5 cm³/mol. The molecule has 10 heteroatoms. The number of carbonyl (C=O) groups is 2. The zero-order valence-electron chi connectivity index (χ0n) is 9.00. The number of carboxylic acid groups (broad SMARTS) is 1. The van der Waals surface area contributed by atoms with Crippen molar-refractivity contribution in [1.82, 2.24) is 14.7 Å². The normalized spacial score (nSPS) is 10.3. The molecule has 0 aliphatic rings. The van der Waals surface area contributed by atoms with Crippen molar-refractivity contribution in [1.29, 1.82) is 0 Å². The number of nitrogens with zero attached hydrogens (tertiary/aromatic N) is 3. The highest BCUT2D eigenvalue weighted by Crippen LogP contribution is 2.25. The summed E-state index contributed by atoms with van der Waals surface area (Å²) < 4.78 is 8.12. The number of aromatic nitrogens is 3. The molecule has 0 radical (unpaired) electrons. The van der Waals surface area contributed by atoms with Gasteiger partial charge < -0.3 is 16.2 Å². The van der Waals surface area contributed by atoms with E-state index in [9.17, 15) is 9.59 Å². The molecule has 0 atom stereocenters. The van der Waals surface area contributed by atoms with Gasteiger partial charge in [0.1, 0.15) is 10.6 Å². The van der Waals surface area contributed by atoms with Gasteiger partial charge in [-0.25, -0.2) is 9.42 Å². The number of aryl methyl sites for hydroxylation is 1. The lowest BCUT2D eigenvalue weighted by Gasteiger charge is -2.00. The molecule has 2 rings (SSSR count). The maximum Gasteiger partial charge on any atom is 0.340 e. The number of nitrogen functional groups attached to an aromatic ring is 1. The fourth-order valence-corrected chi connectivity index (χ4v) is 2.01. The van der Waals surface area contributed by atoms with Crippen LogP contribution in [0.2, 0.25) is 0 Å². The minimum atomic E-state index is -1.18. The molecule has 0 aliphatic carbocycles. The molecule has 0 aliphatic heterocycles. The van der Waals surface area contributed by atoms with Crippen LogP contribution in [0.4, 0.5) is 10.8 Å². The van der Waals surface area contributed by atoms with E-state index in [1.807, 2.05) is 0 Å². The third-order valence-electron chi connectivity index (χ3n) is 2.03. The highest BCUT2D eigenvalue weighted by Gasteiger charge is 2.22. The summed E-state index contributed by atoms with van der Waals surface area (Å²) >= 11 is 0.854. The van der Waals surface area contributed by atoms with Crippen LogP contribution in [0.1, 0.15) is 26.5 Å². The Morgan fingerprint density at radius 1 is 1.44 bits per heavy atom. The molecule has 1 amide bonds. The smallest absolute Gasteiger partial charge is 0.340 e. The molecule has 0 bridgehead atoms. The van der Waals surface area contributed by atoms with Gasteiger partial charge in [0.25, 0.3) is 5.91 Å². The molecule has 0 spiro atoms. The first-order valence-electron chi connectivity index (χ1n) is 4.59. The zero-order valence-corrected chi connectivity index (χ0v) is 9.82. The van der Waals surface area contributed by atoms with E-state index in [-0.39, 0.29) is 22.1 Å². The first kappa shape index (κ1) is 12.0. The highest BCUT2D eigenvalue weighted by atomic mass is 32.1. The summed E-state index contributed by atoms with van der Waals surface area (Å²) in [5.41, 5.74) is 5.38. The number of carboxylic acids is 1. The monoisotopic (exact) mass is 269 g/mol. The van der Waals surface area contributed by atoms with Crippen molar-refractivity contribution in [3.05, 3.63) is 17.0 Å². The number of hydrogen-bond donors (Lipinski definition) is 3. The summed E-state index contributed by atoms with van der Waals surface area (Å²) in [6.45, 7) is 1.53. The highest BCUT2D eigenvalue weighted by molar-refractivity contribution is 7.11. The van der Waals surface area contributed by atoms with E-state index >= 15 is 0 Å². The van der Waals surface area contributed by atoms with Crippen LogP contribution in [-0.4, -0.2) is 31.7 Å². The van der Waals surface area contributed by atoms with Crippen LogP contribution in [0.5, 0.6) is 0 Å². The predicted octanol–water partition coefficient (Wildman–Crippen LogP) is 0.367. The molecule has 4 N–H and O–H groups in total. The van der Waals surface area contributed by atoms with E-state index in [4.69, 9.17) is 10.8 Å². The van der Waals surface area contributed by atoms with Crippen LogP contribution in [0.15, 0.2) is 4.63 Å². The molecule has 18 heavy (non-hydrogen) atoms. The average molecular weight is 269 g/mol. The standard InChI is InChI=1S/C8H7N5O4S/c1-2-3(8(15)16)7(18-13-2)10-6(14)4-5(9)12-17-11-4/h1H3,(H2,9,12)(H,10,14)(H,15,16). The molecule has 0 unspecified atom stereocenters. The Kier molecular flexibility index (Phi) is 2.93. The number of nitrogens with two attached hydrogens (primary N) is 1. The molecule has 0 saturated carbocycles. The van der Waals surface area contributed by atoms with Gasteiger partial charge in [0.05, 0.1) is 5.69 Å². The lowest BCUT2D eigenvalue weighted by Crippen LogP contribution is -2.15. The number of nitrogens with one attached hydrogen (secondary N) is 1. The molecule has 94 valence electrons. The summed E-state index contributed by atoms with van der Waals surface area (Å²) in [5.74, 6) is -2.06. The minimum Gasteiger partial charge on any atom is -0.478 e. The molecule has 2 aromatic rings. The van der Waals surface area contributed by atoms with Crippen LogP contribution in [-0.2, 0) is 0 Å². The third-order valence-corrected chi connectivity index (χ3v) is 2.89. The summed E-state index contributed by atoms with van der Waals surface area (Å²) in [7, 11) is 0. The lowest BCUT2D eigenvalue weighted by molar-refractivity contribution is 0.0697. The van der Waals surface area contributed by atoms with E-state index in [0.29, 0.717) is 5.69 Å². The van der Waals surface area contributed by atoms with Crippen molar-refractivity contribution in [2.45, 2.75) is 6.92 Å². The van der Waals surface area contributed by atoms with Gasteiger partial charge in [0, 0.05) is 0 Å². The Balaban J connectivity index is 2.28. The van der Waals surface area contributed by atoms with Gasteiger partial charge in [0.15, 0.2) is 0 Å². The Morgan fingerprint density at radius 2 is 2.17 bits per heavy atom. The molecule has 0 fully saturated rings. The van der Waals surface area contributed by atoms with E-state index in [1.54, 1.807) is 0 Å². The van der Waals surface area contributed by atoms with Crippen LogP contribution in [0.25, 0.3) is 0 Å². The van der Waals surface area contributed by atoms with E-state index < -0.39 is 11.9 Å². The van der Waals surface area contributed by atoms with Gasteiger partial charge in [-0.2, -0.15) is 4.37 Å². The fourth-order valence-electron chi connectivity index (χ4n) is 1.22. The Labute approximate surface area is 104 Å². The van der Waals surface area contributed by atoms with Gasteiger partial charge in [0.2, 0.25) is 11.5 Å². The first-order valence-corrected chi connectivity index (χ1v) is 5.37. The van der Waals surface area contributed by atoms with E-state index in [1.165, 1.54) is 6.92 Å². The second kappa shape index (κ2) is 4.41. The summed E-state index contributed by atoms with van der Waals surface area (Å²) in [6.07, 6.45) is 0. The van der Waals surface area contributed by atoms with Crippen molar-refractivity contribution in [3.8, 4) is 0 Å². The van der Waals surface area contributed by atoms with Crippen LogP contribution >= 0.6 is 11.5 Å². The van der Waals surface area contributed by atoms with Crippen molar-refractivity contribution < 1.29 is 19.3 Å². The van der Waals surface area contributed by atoms with Crippen LogP contribution in [0, 0.1) is 6.92 Å². The summed E-state index contributed by atoms with van der Waals surface area (Å²) in [4.78, 5) is 22.7. The van der Waals surface area contributed by atoms with Crippen molar-refractivity contribution in [2.24, 2.45) is 0 Å². The minimum absolute atomic E-state index is 0.0663. The quantitative estimate of drug-likeness (QED) is 0.724. The summed E-state index contributed by atoms with van der Waals surface area (Å²) in [5, 5.41) is 18.0. The van der Waals surface area contributed by atoms with Gasteiger partial charge in [-0.15, -0.1) is 0 Å². The van der Waals surface area contributed by atoms with E-state index in [2.05, 4.69) is 24.6 Å². The maximum absolute atomic E-state index is 11.7. The van der Waals surface area contributed by atoms with Crippen molar-refractivity contribution in [2.75, 3.05) is 11.1 Å². The fraction of sp³-hybridized carbons (Fsp3) is 0.125. The number of anilines is 2. The number of amides is 1. The second-order valence-corrected chi connectivity index (χ2v) is 4.00. The van der Waals surface area contributed by atoms with Crippen molar-refractivity contribution in [3.63, 3.8) is 0 Å². The molecule has 0 aromatic carbocycles. The zero-order chi connectivity index (χ0) is 13.3. The van der Waals surface area contributed by atoms with E-state index in [0.717, 1.165) is 11.5 Å². The molecular weight excluding hydrogens is 262 g/mol. The van der Waals surface area contributed by atoms with Crippen LogP contribution < -0.4 is 11.1 Å². The van der Waals surface area contributed by atoms with Crippen molar-refractivity contribution >= 4 is 34.2 Å². The number of hydrogen-bond acceptors (Lipinski definition) is 8. The van der Waals surface area contributed by atoms with Gasteiger partial charge in [-0.05, 0) is 28.8 Å². The molecule has 2 heterocycles. The average Bonchev–Trinajstić information content (AvgIpc) is 2.85. The molecular formula is C8H7N5O4S. The number of rotatable bonds is 3. The topological polar surface area (TPSA) is 144 Å². The SMILES string of the molecule is Cc1nsc(NC(=O)c2nonc2N)c1C(=O)O. The Hall–Kier alpha value is -2.49. The molecule has 9 nitrogen and oxygen atoms in total. The molecule has 2 aromatic heterocycles. The summed E-state index contributed by atoms with van der Waals surface area (Å²) in [6, 6.07) is 0. The van der Waals surface area contributed by atoms with Gasteiger partial charge in [-0.1, -0.05) is 0 Å².